The molecule has 0 amide bonds. The fraction of sp³-hybridized carbons (Fsp3) is 1.00. The maximum absolute atomic E-state index is 5.54. The van der Waals surface area contributed by atoms with Gasteiger partial charge in [0.15, 0.2) is 0 Å². The second-order valence-corrected chi connectivity index (χ2v) is 5.77. The second-order valence-electron chi connectivity index (χ2n) is 5.77. The van der Waals surface area contributed by atoms with Gasteiger partial charge in [-0.3, -0.25) is 4.90 Å². The molecule has 2 heterocycles. The third-order valence-corrected chi connectivity index (χ3v) is 4.34. The van der Waals surface area contributed by atoms with Gasteiger partial charge in [-0.25, -0.2) is 0 Å². The van der Waals surface area contributed by atoms with Gasteiger partial charge in [-0.2, -0.15) is 0 Å². The highest BCUT2D eigenvalue weighted by molar-refractivity contribution is 4.79. The van der Waals surface area contributed by atoms with Crippen LogP contribution in [0.5, 0.6) is 0 Å². The van der Waals surface area contributed by atoms with Crippen LogP contribution in [0.2, 0.25) is 0 Å². The molecule has 1 N–H and O–H groups in total. The number of rotatable bonds is 6. The molecule has 3 atom stereocenters. The van der Waals surface area contributed by atoms with E-state index in [1.165, 1.54) is 19.4 Å². The van der Waals surface area contributed by atoms with Crippen molar-refractivity contribution in [2.24, 2.45) is 11.8 Å². The predicted octanol–water partition coefficient (Wildman–Crippen LogP) is 0.969. The van der Waals surface area contributed by atoms with Gasteiger partial charge in [0.05, 0.1) is 12.7 Å². The van der Waals surface area contributed by atoms with Crippen LogP contribution in [-0.2, 0) is 9.47 Å². The van der Waals surface area contributed by atoms with Gasteiger partial charge in [-0.15, -0.1) is 0 Å². The molecule has 0 saturated carbocycles. The largest absolute Gasteiger partial charge is 0.381 e. The summed E-state index contributed by atoms with van der Waals surface area (Å²) < 4.78 is 10.9. The Hall–Kier alpha value is -0.160. The normalized spacial score (nSPS) is 34.0. The molecule has 0 aromatic rings. The van der Waals surface area contributed by atoms with Crippen LogP contribution in [0.3, 0.4) is 0 Å². The lowest BCUT2D eigenvalue weighted by molar-refractivity contribution is -0.00446. The summed E-state index contributed by atoms with van der Waals surface area (Å²) >= 11 is 0. The lowest BCUT2D eigenvalue weighted by Gasteiger charge is -2.36. The minimum Gasteiger partial charge on any atom is -0.381 e. The highest BCUT2D eigenvalue weighted by Crippen LogP contribution is 2.18. The van der Waals surface area contributed by atoms with E-state index in [4.69, 9.17) is 9.47 Å². The van der Waals surface area contributed by atoms with Crippen LogP contribution in [-0.4, -0.2) is 64.1 Å². The standard InChI is InChI=1S/C14H28N2O2/c1-12-3-6-16(10-14(12)17-2)7-5-15-9-13-4-8-18-11-13/h12-15H,3-11H2,1-2H3. The third-order valence-electron chi connectivity index (χ3n) is 4.34. The Kier molecular flexibility index (Phi) is 5.89. The molecule has 4 nitrogen and oxygen atoms in total. The highest BCUT2D eigenvalue weighted by Gasteiger charge is 2.25. The van der Waals surface area contributed by atoms with Crippen molar-refractivity contribution in [3.05, 3.63) is 0 Å². The smallest absolute Gasteiger partial charge is 0.0724 e. The van der Waals surface area contributed by atoms with Crippen molar-refractivity contribution in [1.29, 1.82) is 0 Å². The number of hydrogen-bond donors (Lipinski definition) is 1. The van der Waals surface area contributed by atoms with E-state index in [-0.39, 0.29) is 0 Å². The summed E-state index contributed by atoms with van der Waals surface area (Å²) in [6.07, 6.45) is 2.90. The topological polar surface area (TPSA) is 33.7 Å². The van der Waals surface area contributed by atoms with Crippen LogP contribution >= 0.6 is 0 Å². The van der Waals surface area contributed by atoms with Crippen LogP contribution in [0.25, 0.3) is 0 Å². The van der Waals surface area contributed by atoms with Crippen LogP contribution in [0, 0.1) is 11.8 Å². The Morgan fingerprint density at radius 2 is 2.28 bits per heavy atom. The van der Waals surface area contributed by atoms with Crippen molar-refractivity contribution >= 4 is 0 Å². The quantitative estimate of drug-likeness (QED) is 0.718. The minimum atomic E-state index is 0.419. The van der Waals surface area contributed by atoms with Crippen molar-refractivity contribution in [3.63, 3.8) is 0 Å². The Labute approximate surface area is 111 Å². The maximum atomic E-state index is 5.54. The van der Waals surface area contributed by atoms with E-state index in [0.29, 0.717) is 12.0 Å². The zero-order valence-electron chi connectivity index (χ0n) is 11.9. The number of nitrogens with zero attached hydrogens (tertiary/aromatic N) is 1. The van der Waals surface area contributed by atoms with Gasteiger partial charge in [0, 0.05) is 39.9 Å². The van der Waals surface area contributed by atoms with E-state index in [1.54, 1.807) is 0 Å². The molecular formula is C14H28N2O2. The predicted molar refractivity (Wildman–Crippen MR) is 72.8 cm³/mol. The summed E-state index contributed by atoms with van der Waals surface area (Å²) in [5.74, 6) is 1.44. The molecule has 3 unspecified atom stereocenters. The summed E-state index contributed by atoms with van der Waals surface area (Å²) in [7, 11) is 1.84. The molecule has 2 saturated heterocycles. The van der Waals surface area contributed by atoms with Crippen molar-refractivity contribution in [1.82, 2.24) is 10.2 Å². The van der Waals surface area contributed by atoms with Gasteiger partial charge in [0.25, 0.3) is 0 Å². The number of piperidine rings is 1. The van der Waals surface area contributed by atoms with Crippen LogP contribution < -0.4 is 5.32 Å². The first-order valence-corrected chi connectivity index (χ1v) is 7.33. The molecule has 2 aliphatic rings. The van der Waals surface area contributed by atoms with E-state index in [9.17, 15) is 0 Å². The van der Waals surface area contributed by atoms with Crippen molar-refractivity contribution in [3.8, 4) is 0 Å². The molecule has 18 heavy (non-hydrogen) atoms. The number of methoxy groups -OCH3 is 1. The fourth-order valence-corrected chi connectivity index (χ4v) is 2.90. The Morgan fingerprint density at radius 1 is 1.39 bits per heavy atom. The van der Waals surface area contributed by atoms with Crippen LogP contribution in [0.15, 0.2) is 0 Å². The zero-order valence-corrected chi connectivity index (χ0v) is 11.9. The van der Waals surface area contributed by atoms with Crippen LogP contribution in [0.4, 0.5) is 0 Å². The molecule has 0 radical (unpaired) electrons. The van der Waals surface area contributed by atoms with Gasteiger partial charge in [-0.1, -0.05) is 6.92 Å². The van der Waals surface area contributed by atoms with Gasteiger partial charge >= 0.3 is 0 Å². The second kappa shape index (κ2) is 7.43. The first kappa shape index (κ1) is 14.3. The average molecular weight is 256 g/mol. The summed E-state index contributed by atoms with van der Waals surface area (Å²) in [5, 5.41) is 3.56. The molecule has 0 spiro atoms. The first-order valence-electron chi connectivity index (χ1n) is 7.33. The molecular weight excluding hydrogens is 228 g/mol. The van der Waals surface area contributed by atoms with E-state index in [1.807, 2.05) is 7.11 Å². The van der Waals surface area contributed by atoms with Crippen molar-refractivity contribution in [2.75, 3.05) is 53.0 Å². The molecule has 0 aliphatic carbocycles. The summed E-state index contributed by atoms with van der Waals surface area (Å²) in [5.41, 5.74) is 0. The summed E-state index contributed by atoms with van der Waals surface area (Å²) in [4.78, 5) is 2.52. The van der Waals surface area contributed by atoms with Gasteiger partial charge in [0.1, 0.15) is 0 Å². The lowest BCUT2D eigenvalue weighted by atomic mass is 9.96. The summed E-state index contributed by atoms with van der Waals surface area (Å²) in [6.45, 7) is 9.83. The number of nitrogens with one attached hydrogen (secondary N) is 1. The van der Waals surface area contributed by atoms with E-state index in [2.05, 4.69) is 17.1 Å². The summed E-state index contributed by atoms with van der Waals surface area (Å²) in [6, 6.07) is 0. The van der Waals surface area contributed by atoms with Crippen LogP contribution in [0.1, 0.15) is 19.8 Å². The maximum Gasteiger partial charge on any atom is 0.0724 e. The van der Waals surface area contributed by atoms with Gasteiger partial charge in [0.2, 0.25) is 0 Å². The molecule has 0 aromatic carbocycles. The van der Waals surface area contributed by atoms with Gasteiger partial charge < -0.3 is 14.8 Å². The molecule has 2 fully saturated rings. The molecule has 0 aromatic heterocycles. The monoisotopic (exact) mass is 256 g/mol. The van der Waals surface area contributed by atoms with Gasteiger partial charge in [-0.05, 0) is 31.2 Å². The van der Waals surface area contributed by atoms with E-state index >= 15 is 0 Å². The number of hydrogen-bond acceptors (Lipinski definition) is 4. The molecule has 106 valence electrons. The van der Waals surface area contributed by atoms with Crippen molar-refractivity contribution < 1.29 is 9.47 Å². The highest BCUT2D eigenvalue weighted by atomic mass is 16.5. The first-order chi connectivity index (χ1) is 8.79. The molecule has 2 aliphatic heterocycles. The average Bonchev–Trinajstić information content (AvgIpc) is 2.89. The SMILES string of the molecule is COC1CN(CCNCC2CCOC2)CCC1C. The van der Waals surface area contributed by atoms with E-state index < -0.39 is 0 Å². The van der Waals surface area contributed by atoms with E-state index in [0.717, 1.165) is 45.3 Å². The Bertz CT molecular complexity index is 232. The fourth-order valence-electron chi connectivity index (χ4n) is 2.90. The molecule has 4 heteroatoms. The zero-order chi connectivity index (χ0) is 12.8. The number of likely N-dealkylation sites (tertiary alicyclic amines) is 1. The Morgan fingerprint density at radius 3 is 3.00 bits per heavy atom. The lowest BCUT2D eigenvalue weighted by Crippen LogP contribution is -2.46. The minimum absolute atomic E-state index is 0.419. The number of ether oxygens (including phenoxy) is 2. The third kappa shape index (κ3) is 4.19. The molecule has 0 bridgehead atoms. The Balaban J connectivity index is 1.56. The van der Waals surface area contributed by atoms with Crippen molar-refractivity contribution in [2.45, 2.75) is 25.9 Å². The molecule has 2 rings (SSSR count).